The number of benzene rings is 2. The van der Waals surface area contributed by atoms with Crippen molar-refractivity contribution in [1.82, 2.24) is 10.6 Å². The van der Waals surface area contributed by atoms with Crippen LogP contribution in [-0.4, -0.2) is 29.1 Å². The van der Waals surface area contributed by atoms with E-state index in [1.165, 1.54) is 13.0 Å². The molecule has 0 saturated heterocycles. The van der Waals surface area contributed by atoms with E-state index in [0.29, 0.717) is 13.0 Å². The molecule has 0 heterocycles. The predicted molar refractivity (Wildman–Crippen MR) is 120 cm³/mol. The first kappa shape index (κ1) is 24.0. The normalized spacial score (nSPS) is 14.0. The number of rotatable bonds is 11. The maximum Gasteiger partial charge on any atom is 0.326 e. The van der Waals surface area contributed by atoms with Crippen molar-refractivity contribution in [1.29, 1.82) is 0 Å². The number of nitrogens with one attached hydrogen (secondary N) is 2. The van der Waals surface area contributed by atoms with Crippen molar-refractivity contribution in [2.45, 2.75) is 45.3 Å². The fourth-order valence-electron chi connectivity index (χ4n) is 3.06. The lowest BCUT2D eigenvalue weighted by atomic mass is 10.0. The first-order valence-corrected chi connectivity index (χ1v) is 10.2. The van der Waals surface area contributed by atoms with Gasteiger partial charge in [-0.2, -0.15) is 0 Å². The van der Waals surface area contributed by atoms with Crippen molar-refractivity contribution in [3.05, 3.63) is 95.3 Å². The molecule has 0 radical (unpaired) electrons. The van der Waals surface area contributed by atoms with Crippen molar-refractivity contribution < 1.29 is 19.1 Å². The molecule has 0 bridgehead atoms. The van der Waals surface area contributed by atoms with E-state index in [1.54, 1.807) is 6.08 Å². The third-order valence-electron chi connectivity index (χ3n) is 4.73. The molecular formula is C25H29FN2O3. The van der Waals surface area contributed by atoms with Crippen LogP contribution in [0.1, 0.15) is 31.4 Å². The monoisotopic (exact) mass is 424 g/mol. The standard InChI is InChI=1S/C25H29FN2O3/c1-18(13-14-19(2)26)15-22(27-17-21-11-7-4-8-12-21)24(29)28-23(25(30)31)16-20-9-5-3-6-10-20/h3-14,22-23,27H,15-17H2,1-2H3,(H,28,29)(H,30,31)/b18-13+,19-14+/t22?,23-/m1/s1. The lowest BCUT2D eigenvalue weighted by Gasteiger charge is -2.22. The molecule has 0 saturated carbocycles. The lowest BCUT2D eigenvalue weighted by molar-refractivity contribution is -0.142. The first-order valence-electron chi connectivity index (χ1n) is 10.2. The molecule has 2 rings (SSSR count). The number of carbonyl (C=O) groups excluding carboxylic acids is 1. The average Bonchev–Trinajstić information content (AvgIpc) is 2.76. The van der Waals surface area contributed by atoms with Crippen molar-refractivity contribution in [3.8, 4) is 0 Å². The van der Waals surface area contributed by atoms with Crippen LogP contribution in [0.2, 0.25) is 0 Å². The van der Waals surface area contributed by atoms with Gasteiger partial charge in [0.1, 0.15) is 6.04 Å². The van der Waals surface area contributed by atoms with E-state index in [-0.39, 0.29) is 12.2 Å². The highest BCUT2D eigenvalue weighted by Crippen LogP contribution is 2.10. The molecule has 0 fully saturated rings. The predicted octanol–water partition coefficient (Wildman–Crippen LogP) is 4.17. The maximum atomic E-state index is 13.1. The van der Waals surface area contributed by atoms with Gasteiger partial charge in [0, 0.05) is 13.0 Å². The Bertz CT molecular complexity index is 907. The van der Waals surface area contributed by atoms with E-state index in [1.807, 2.05) is 67.6 Å². The van der Waals surface area contributed by atoms with Gasteiger partial charge >= 0.3 is 5.97 Å². The average molecular weight is 425 g/mol. The van der Waals surface area contributed by atoms with Crippen molar-refractivity contribution in [3.63, 3.8) is 0 Å². The molecule has 3 N–H and O–H groups in total. The molecule has 0 aliphatic heterocycles. The van der Waals surface area contributed by atoms with E-state index >= 15 is 0 Å². The summed E-state index contributed by atoms with van der Waals surface area (Å²) in [6.45, 7) is 3.60. The Hall–Kier alpha value is -3.25. The number of hydrogen-bond donors (Lipinski definition) is 3. The molecule has 2 aromatic rings. The van der Waals surface area contributed by atoms with Crippen LogP contribution in [0, 0.1) is 0 Å². The fraction of sp³-hybridized carbons (Fsp3) is 0.280. The number of halogens is 1. The molecule has 6 heteroatoms. The van der Waals surface area contributed by atoms with Crippen LogP contribution in [0.3, 0.4) is 0 Å². The second-order valence-corrected chi connectivity index (χ2v) is 7.48. The second-order valence-electron chi connectivity index (χ2n) is 7.48. The molecule has 31 heavy (non-hydrogen) atoms. The lowest BCUT2D eigenvalue weighted by Crippen LogP contribution is -2.50. The number of amides is 1. The highest BCUT2D eigenvalue weighted by atomic mass is 19.1. The van der Waals surface area contributed by atoms with Gasteiger partial charge < -0.3 is 15.7 Å². The molecule has 2 atom stereocenters. The third-order valence-corrected chi connectivity index (χ3v) is 4.73. The summed E-state index contributed by atoms with van der Waals surface area (Å²) in [4.78, 5) is 24.7. The summed E-state index contributed by atoms with van der Waals surface area (Å²) < 4.78 is 13.1. The van der Waals surface area contributed by atoms with Crippen molar-refractivity contribution >= 4 is 11.9 Å². The quantitative estimate of drug-likeness (QED) is 0.473. The van der Waals surface area contributed by atoms with Gasteiger partial charge in [-0.15, -0.1) is 0 Å². The molecule has 164 valence electrons. The van der Waals surface area contributed by atoms with Crippen LogP contribution in [-0.2, 0) is 22.6 Å². The van der Waals surface area contributed by atoms with Crippen molar-refractivity contribution in [2.75, 3.05) is 0 Å². The number of carboxylic acid groups (broad SMARTS) is 1. The second kappa shape index (κ2) is 12.4. The Morgan fingerprint density at radius 1 is 0.935 bits per heavy atom. The number of allylic oxidation sites excluding steroid dienone is 3. The van der Waals surface area contributed by atoms with Gasteiger partial charge in [0.25, 0.3) is 0 Å². The molecule has 2 aromatic carbocycles. The summed E-state index contributed by atoms with van der Waals surface area (Å²) in [6, 6.07) is 17.1. The Kier molecular flexibility index (Phi) is 9.65. The van der Waals surface area contributed by atoms with Crippen LogP contribution >= 0.6 is 0 Å². The molecule has 0 aliphatic carbocycles. The van der Waals surface area contributed by atoms with Gasteiger partial charge in [-0.1, -0.05) is 72.3 Å². The minimum atomic E-state index is -1.10. The topological polar surface area (TPSA) is 78.4 Å². The maximum absolute atomic E-state index is 13.1. The van der Waals surface area contributed by atoms with Gasteiger partial charge in [-0.25, -0.2) is 9.18 Å². The fourth-order valence-corrected chi connectivity index (χ4v) is 3.06. The van der Waals surface area contributed by atoms with Gasteiger partial charge in [-0.05, 0) is 37.5 Å². The zero-order chi connectivity index (χ0) is 22.6. The van der Waals surface area contributed by atoms with Gasteiger partial charge in [-0.3, -0.25) is 4.79 Å². The van der Waals surface area contributed by atoms with E-state index in [4.69, 9.17) is 0 Å². The summed E-state index contributed by atoms with van der Waals surface area (Å²) in [5.41, 5.74) is 2.62. The Morgan fingerprint density at radius 3 is 2.06 bits per heavy atom. The van der Waals surface area contributed by atoms with Crippen LogP contribution in [0.4, 0.5) is 4.39 Å². The van der Waals surface area contributed by atoms with E-state index in [2.05, 4.69) is 10.6 Å². The minimum absolute atomic E-state index is 0.186. The third kappa shape index (κ3) is 8.97. The van der Waals surface area contributed by atoms with Crippen LogP contribution in [0.5, 0.6) is 0 Å². The molecule has 1 amide bonds. The van der Waals surface area contributed by atoms with Crippen LogP contribution in [0.25, 0.3) is 0 Å². The number of hydrogen-bond acceptors (Lipinski definition) is 3. The van der Waals surface area contributed by atoms with Gasteiger partial charge in [0.15, 0.2) is 0 Å². The zero-order valence-electron chi connectivity index (χ0n) is 17.8. The number of carboxylic acids is 1. The summed E-state index contributed by atoms with van der Waals surface area (Å²) >= 11 is 0. The van der Waals surface area contributed by atoms with Crippen molar-refractivity contribution in [2.24, 2.45) is 0 Å². The largest absolute Gasteiger partial charge is 0.480 e. The molecular weight excluding hydrogens is 395 g/mol. The summed E-state index contributed by atoms with van der Waals surface area (Å²) in [7, 11) is 0. The highest BCUT2D eigenvalue weighted by molar-refractivity contribution is 5.87. The summed E-state index contributed by atoms with van der Waals surface area (Å²) in [5, 5.41) is 15.5. The van der Waals surface area contributed by atoms with E-state index in [9.17, 15) is 19.1 Å². The molecule has 0 aliphatic rings. The smallest absolute Gasteiger partial charge is 0.326 e. The Labute approximate surface area is 182 Å². The van der Waals surface area contributed by atoms with Gasteiger partial charge in [0.2, 0.25) is 5.91 Å². The molecule has 1 unspecified atom stereocenters. The van der Waals surface area contributed by atoms with E-state index < -0.39 is 24.0 Å². The van der Waals surface area contributed by atoms with Gasteiger partial charge in [0.05, 0.1) is 11.9 Å². The number of aliphatic carboxylic acids is 1. The Morgan fingerprint density at radius 2 is 1.52 bits per heavy atom. The molecule has 0 spiro atoms. The molecule has 5 nitrogen and oxygen atoms in total. The Balaban J connectivity index is 2.13. The summed E-state index contributed by atoms with van der Waals surface area (Å²) in [5.74, 6) is -1.83. The van der Waals surface area contributed by atoms with Crippen LogP contribution < -0.4 is 10.6 Å². The summed E-state index contributed by atoms with van der Waals surface area (Å²) in [6.07, 6.45) is 3.47. The molecule has 0 aromatic heterocycles. The minimum Gasteiger partial charge on any atom is -0.480 e. The zero-order valence-corrected chi connectivity index (χ0v) is 17.8. The highest BCUT2D eigenvalue weighted by Gasteiger charge is 2.25. The number of carbonyl (C=O) groups is 2. The first-order chi connectivity index (χ1) is 14.8. The SMILES string of the molecule is C/C(F)=C\C=C(/C)CC(NCc1ccccc1)C(=O)N[C@H](Cc1ccccc1)C(=O)O. The van der Waals surface area contributed by atoms with E-state index in [0.717, 1.165) is 16.7 Å². The van der Waals surface area contributed by atoms with Crippen LogP contribution in [0.15, 0.2) is 84.2 Å².